The molecular weight excluding hydrogens is 248 g/mol. The van der Waals surface area contributed by atoms with Crippen molar-refractivity contribution in [1.82, 2.24) is 15.5 Å². The summed E-state index contributed by atoms with van der Waals surface area (Å²) in [5.41, 5.74) is 1.76. The van der Waals surface area contributed by atoms with Crippen LogP contribution in [0, 0.1) is 17.0 Å². The van der Waals surface area contributed by atoms with E-state index >= 15 is 0 Å². The van der Waals surface area contributed by atoms with Crippen LogP contribution >= 0.6 is 0 Å². The summed E-state index contributed by atoms with van der Waals surface area (Å²) in [5, 5.41) is 17.5. The van der Waals surface area contributed by atoms with Crippen molar-refractivity contribution in [3.05, 3.63) is 51.7 Å². The molecule has 0 amide bonds. The smallest absolute Gasteiger partial charge is 0.272 e. The molecule has 19 heavy (non-hydrogen) atoms. The highest BCUT2D eigenvalue weighted by Crippen LogP contribution is 2.20. The summed E-state index contributed by atoms with van der Waals surface area (Å²) >= 11 is 0. The number of nitro groups is 1. The lowest BCUT2D eigenvalue weighted by atomic mass is 10.1. The molecule has 0 saturated carbocycles. The minimum absolute atomic E-state index is 0.149. The zero-order chi connectivity index (χ0) is 13.7. The molecule has 100 valence electrons. The van der Waals surface area contributed by atoms with Crippen LogP contribution in [0.25, 0.3) is 0 Å². The molecule has 0 radical (unpaired) electrons. The van der Waals surface area contributed by atoms with Gasteiger partial charge < -0.3 is 9.84 Å². The predicted octanol–water partition coefficient (Wildman–Crippen LogP) is 1.62. The lowest BCUT2D eigenvalue weighted by molar-refractivity contribution is -0.385. The summed E-state index contributed by atoms with van der Waals surface area (Å²) in [4.78, 5) is 14.4. The maximum atomic E-state index is 10.8. The van der Waals surface area contributed by atoms with Crippen molar-refractivity contribution in [3.63, 3.8) is 0 Å². The number of aromatic nitrogens is 2. The second-order valence-corrected chi connectivity index (χ2v) is 4.08. The lowest BCUT2D eigenvalue weighted by Crippen LogP contribution is -2.17. The normalized spacial score (nSPS) is 10.6. The molecule has 7 nitrogen and oxygen atoms in total. The van der Waals surface area contributed by atoms with Gasteiger partial charge in [0.05, 0.1) is 4.92 Å². The first-order chi connectivity index (χ1) is 9.18. The van der Waals surface area contributed by atoms with Crippen LogP contribution in [0.15, 0.2) is 29.0 Å². The van der Waals surface area contributed by atoms with Crippen LogP contribution in [-0.2, 0) is 13.0 Å². The summed E-state index contributed by atoms with van der Waals surface area (Å²) in [7, 11) is 0. The molecule has 0 unspecified atom stereocenters. The van der Waals surface area contributed by atoms with Crippen LogP contribution in [0.1, 0.15) is 17.0 Å². The van der Waals surface area contributed by atoms with Crippen molar-refractivity contribution in [3.8, 4) is 0 Å². The average Bonchev–Trinajstić information content (AvgIpc) is 2.89. The molecule has 0 aliphatic carbocycles. The maximum absolute atomic E-state index is 10.8. The molecule has 1 heterocycles. The van der Waals surface area contributed by atoms with Gasteiger partial charge in [-0.25, -0.2) is 0 Å². The van der Waals surface area contributed by atoms with E-state index in [0.29, 0.717) is 31.0 Å². The third kappa shape index (κ3) is 3.35. The van der Waals surface area contributed by atoms with Crippen molar-refractivity contribution in [2.24, 2.45) is 0 Å². The largest absolute Gasteiger partial charge is 0.340 e. The van der Waals surface area contributed by atoms with Gasteiger partial charge in [-0.15, -0.1) is 0 Å². The molecule has 7 heteroatoms. The highest BCUT2D eigenvalue weighted by atomic mass is 16.6. The van der Waals surface area contributed by atoms with Crippen LogP contribution in [0.3, 0.4) is 0 Å². The molecule has 0 aliphatic heterocycles. The molecule has 2 aromatic rings. The monoisotopic (exact) mass is 262 g/mol. The van der Waals surface area contributed by atoms with Crippen LogP contribution in [0.5, 0.6) is 0 Å². The van der Waals surface area contributed by atoms with E-state index in [9.17, 15) is 10.1 Å². The van der Waals surface area contributed by atoms with Gasteiger partial charge in [0, 0.05) is 31.1 Å². The summed E-state index contributed by atoms with van der Waals surface area (Å²) in [6, 6.07) is 5.08. The van der Waals surface area contributed by atoms with E-state index in [2.05, 4.69) is 15.5 Å². The van der Waals surface area contributed by atoms with E-state index in [1.54, 1.807) is 13.0 Å². The molecule has 0 saturated heterocycles. The Morgan fingerprint density at radius 3 is 3.00 bits per heavy atom. The number of nitrogens with zero attached hydrogens (tertiary/aromatic N) is 3. The van der Waals surface area contributed by atoms with Crippen molar-refractivity contribution in [2.45, 2.75) is 19.9 Å². The van der Waals surface area contributed by atoms with Gasteiger partial charge >= 0.3 is 0 Å². The molecule has 0 spiro atoms. The Morgan fingerprint density at radius 2 is 2.32 bits per heavy atom. The minimum atomic E-state index is -0.364. The highest BCUT2D eigenvalue weighted by Gasteiger charge is 2.12. The number of nitrogens with one attached hydrogen (secondary N) is 1. The third-order valence-corrected chi connectivity index (χ3v) is 2.85. The van der Waals surface area contributed by atoms with Gasteiger partial charge in [-0.05, 0) is 12.5 Å². The number of benzene rings is 1. The molecule has 0 bridgehead atoms. The molecule has 2 rings (SSSR count). The zero-order valence-corrected chi connectivity index (χ0v) is 10.5. The fourth-order valence-corrected chi connectivity index (χ4v) is 1.78. The summed E-state index contributed by atoms with van der Waals surface area (Å²) in [5.74, 6) is 0.572. The first kappa shape index (κ1) is 13.2. The Kier molecular flexibility index (Phi) is 4.19. The molecule has 1 aromatic heterocycles. The Bertz CT molecular complexity index is 554. The number of rotatable bonds is 6. The van der Waals surface area contributed by atoms with Crippen LogP contribution in [0.4, 0.5) is 5.69 Å². The number of hydrogen-bond donors (Lipinski definition) is 1. The Morgan fingerprint density at radius 1 is 1.47 bits per heavy atom. The fourth-order valence-electron chi connectivity index (χ4n) is 1.78. The Hall–Kier alpha value is -2.28. The highest BCUT2D eigenvalue weighted by molar-refractivity contribution is 5.44. The van der Waals surface area contributed by atoms with E-state index in [1.807, 2.05) is 6.07 Å². The van der Waals surface area contributed by atoms with Crippen molar-refractivity contribution in [1.29, 1.82) is 0 Å². The van der Waals surface area contributed by atoms with Gasteiger partial charge in [-0.3, -0.25) is 10.1 Å². The number of nitro benzene ring substituents is 1. The van der Waals surface area contributed by atoms with Crippen LogP contribution in [0.2, 0.25) is 0 Å². The lowest BCUT2D eigenvalue weighted by Gasteiger charge is -2.07. The van der Waals surface area contributed by atoms with Gasteiger partial charge in [0.2, 0.25) is 5.89 Å². The molecular formula is C12H14N4O3. The minimum Gasteiger partial charge on any atom is -0.340 e. The SMILES string of the molecule is Cc1c(CNCCc2ncno2)cccc1[N+](=O)[O-]. The van der Waals surface area contributed by atoms with E-state index < -0.39 is 0 Å². The number of hydrogen-bond acceptors (Lipinski definition) is 6. The molecule has 0 fully saturated rings. The molecule has 0 atom stereocenters. The van der Waals surface area contributed by atoms with Crippen molar-refractivity contribution in [2.75, 3.05) is 6.54 Å². The first-order valence-electron chi connectivity index (χ1n) is 5.87. The van der Waals surface area contributed by atoms with Crippen molar-refractivity contribution < 1.29 is 9.45 Å². The van der Waals surface area contributed by atoms with Crippen LogP contribution < -0.4 is 5.32 Å². The van der Waals surface area contributed by atoms with Crippen molar-refractivity contribution >= 4 is 5.69 Å². The quantitative estimate of drug-likeness (QED) is 0.483. The van der Waals surface area contributed by atoms with Gasteiger partial charge in [-0.1, -0.05) is 17.3 Å². The molecule has 1 N–H and O–H groups in total. The second-order valence-electron chi connectivity index (χ2n) is 4.08. The fraction of sp³-hybridized carbons (Fsp3) is 0.333. The molecule has 0 aliphatic rings. The van der Waals surface area contributed by atoms with Gasteiger partial charge in [0.15, 0.2) is 6.33 Å². The predicted molar refractivity (Wildman–Crippen MR) is 67.5 cm³/mol. The first-order valence-corrected chi connectivity index (χ1v) is 5.87. The molecule has 1 aromatic carbocycles. The topological polar surface area (TPSA) is 94.1 Å². The summed E-state index contributed by atoms with van der Waals surface area (Å²) < 4.78 is 4.87. The van der Waals surface area contributed by atoms with E-state index in [1.165, 1.54) is 12.4 Å². The Balaban J connectivity index is 1.89. The Labute approximate surface area is 109 Å². The van der Waals surface area contributed by atoms with E-state index in [4.69, 9.17) is 4.52 Å². The zero-order valence-electron chi connectivity index (χ0n) is 10.5. The average molecular weight is 262 g/mol. The second kappa shape index (κ2) is 6.05. The standard InChI is InChI=1S/C12H14N4O3/c1-9-10(3-2-4-11(9)16(17)18)7-13-6-5-12-14-8-15-19-12/h2-4,8,13H,5-7H2,1H3. The third-order valence-electron chi connectivity index (χ3n) is 2.85. The van der Waals surface area contributed by atoms with Crippen LogP contribution in [-0.4, -0.2) is 21.6 Å². The van der Waals surface area contributed by atoms with E-state index in [-0.39, 0.29) is 10.6 Å². The van der Waals surface area contributed by atoms with E-state index in [0.717, 1.165) is 5.56 Å². The van der Waals surface area contributed by atoms with Gasteiger partial charge in [0.25, 0.3) is 5.69 Å². The summed E-state index contributed by atoms with van der Waals surface area (Å²) in [6.45, 7) is 3.00. The summed E-state index contributed by atoms with van der Waals surface area (Å²) in [6.07, 6.45) is 1.99. The van der Waals surface area contributed by atoms with Gasteiger partial charge in [-0.2, -0.15) is 4.98 Å². The maximum Gasteiger partial charge on any atom is 0.272 e. The van der Waals surface area contributed by atoms with Gasteiger partial charge in [0.1, 0.15) is 0 Å².